The standard InChI is InChI=1S/C27H24N2O5S/c30-24(29-14-16-12-27(29,13-16)25(31)32)23(22-10-5-11-35-22)28-26(33)34-15-21-19-8-3-1-6-17(19)18-7-2-4-9-20(18)21/h1-11,16,21,23H,12-15H2,(H,28,33)(H,31,32). The Labute approximate surface area is 206 Å². The minimum atomic E-state index is -1.15. The highest BCUT2D eigenvalue weighted by Crippen LogP contribution is 2.51. The van der Waals surface area contributed by atoms with Crippen LogP contribution in [0.25, 0.3) is 11.1 Å². The third kappa shape index (κ3) is 3.43. The van der Waals surface area contributed by atoms with E-state index in [2.05, 4.69) is 17.4 Å². The number of thiophene rings is 1. The fraction of sp³-hybridized carbons (Fsp3) is 0.296. The summed E-state index contributed by atoms with van der Waals surface area (Å²) < 4.78 is 5.66. The maximum absolute atomic E-state index is 13.5. The van der Waals surface area contributed by atoms with Crippen molar-refractivity contribution in [1.29, 1.82) is 0 Å². The van der Waals surface area contributed by atoms with Gasteiger partial charge in [-0.25, -0.2) is 9.59 Å². The molecule has 2 aliphatic heterocycles. The molecule has 7 rings (SSSR count). The van der Waals surface area contributed by atoms with E-state index in [0.29, 0.717) is 24.3 Å². The van der Waals surface area contributed by atoms with Crippen LogP contribution >= 0.6 is 11.3 Å². The Hall–Kier alpha value is -3.65. The fourth-order valence-electron chi connectivity index (χ4n) is 5.89. The molecule has 3 heterocycles. The Morgan fingerprint density at radius 2 is 1.69 bits per heavy atom. The molecule has 1 saturated carbocycles. The molecule has 2 N–H and O–H groups in total. The average Bonchev–Trinajstić information content (AvgIpc) is 3.62. The van der Waals surface area contributed by atoms with E-state index < -0.39 is 29.6 Å². The summed E-state index contributed by atoms with van der Waals surface area (Å²) in [7, 11) is 0. The summed E-state index contributed by atoms with van der Waals surface area (Å²) in [6.45, 7) is 0.537. The number of alkyl carbamates (subject to hydrolysis) is 1. The molecule has 1 unspecified atom stereocenters. The van der Waals surface area contributed by atoms with Crippen molar-refractivity contribution in [2.24, 2.45) is 5.92 Å². The molecule has 2 aliphatic carbocycles. The Bertz CT molecular complexity index is 1270. The molecule has 2 bridgehead atoms. The minimum Gasteiger partial charge on any atom is -0.479 e. The average molecular weight is 489 g/mol. The van der Waals surface area contributed by atoms with Crippen molar-refractivity contribution in [1.82, 2.24) is 10.2 Å². The zero-order chi connectivity index (χ0) is 24.2. The van der Waals surface area contributed by atoms with Crippen molar-refractivity contribution in [3.63, 3.8) is 0 Å². The third-order valence-corrected chi connectivity index (χ3v) is 8.49. The number of amides is 2. The molecule has 35 heavy (non-hydrogen) atoms. The van der Waals surface area contributed by atoms with Crippen LogP contribution in [0.5, 0.6) is 0 Å². The maximum atomic E-state index is 13.5. The molecule has 0 radical (unpaired) electrons. The second-order valence-electron chi connectivity index (χ2n) is 9.48. The van der Waals surface area contributed by atoms with Gasteiger partial charge in [0.05, 0.1) is 0 Å². The number of benzene rings is 2. The van der Waals surface area contributed by atoms with Crippen molar-refractivity contribution in [3.05, 3.63) is 82.0 Å². The lowest BCUT2D eigenvalue weighted by Gasteiger charge is -2.38. The normalized spacial score (nSPS) is 22.6. The van der Waals surface area contributed by atoms with E-state index in [1.54, 1.807) is 12.1 Å². The molecular formula is C27H24N2O5S. The van der Waals surface area contributed by atoms with Gasteiger partial charge < -0.3 is 20.1 Å². The van der Waals surface area contributed by atoms with Crippen molar-refractivity contribution in [3.8, 4) is 11.1 Å². The number of carbonyl (C=O) groups excluding carboxylic acids is 2. The Morgan fingerprint density at radius 3 is 2.29 bits per heavy atom. The van der Waals surface area contributed by atoms with Gasteiger partial charge in [0.2, 0.25) is 0 Å². The van der Waals surface area contributed by atoms with Gasteiger partial charge >= 0.3 is 12.1 Å². The number of hydrogen-bond acceptors (Lipinski definition) is 5. The summed E-state index contributed by atoms with van der Waals surface area (Å²) in [5.74, 6) is -1.27. The van der Waals surface area contributed by atoms with E-state index in [1.165, 1.54) is 16.2 Å². The number of rotatable bonds is 6. The number of nitrogens with zero attached hydrogens (tertiary/aromatic N) is 1. The second-order valence-corrected chi connectivity index (χ2v) is 10.5. The van der Waals surface area contributed by atoms with Crippen LogP contribution in [-0.4, -0.2) is 46.7 Å². The van der Waals surface area contributed by atoms with Gasteiger partial charge in [-0.3, -0.25) is 4.79 Å². The largest absolute Gasteiger partial charge is 0.479 e. The summed E-state index contributed by atoms with van der Waals surface area (Å²) in [6, 6.07) is 18.8. The van der Waals surface area contributed by atoms with Crippen LogP contribution in [-0.2, 0) is 14.3 Å². The first-order valence-corrected chi connectivity index (χ1v) is 12.6. The number of carbonyl (C=O) groups is 3. The molecule has 0 spiro atoms. The predicted molar refractivity (Wildman–Crippen MR) is 130 cm³/mol. The summed E-state index contributed by atoms with van der Waals surface area (Å²) in [4.78, 5) is 40.5. The maximum Gasteiger partial charge on any atom is 0.408 e. The topological polar surface area (TPSA) is 95.9 Å². The number of ether oxygens (including phenoxy) is 1. The summed E-state index contributed by atoms with van der Waals surface area (Å²) in [5.41, 5.74) is 3.33. The van der Waals surface area contributed by atoms with Crippen molar-refractivity contribution in [2.45, 2.75) is 30.3 Å². The van der Waals surface area contributed by atoms with Crippen LogP contribution in [0.4, 0.5) is 4.79 Å². The molecule has 8 heteroatoms. The van der Waals surface area contributed by atoms with Gasteiger partial charge in [-0.2, -0.15) is 0 Å². The first-order chi connectivity index (χ1) is 17.0. The second kappa shape index (κ2) is 8.23. The SMILES string of the molecule is O=C(NC(C(=O)N1CC2CC1(C(=O)O)C2)c1cccs1)OCC1c2ccccc2-c2ccccc21. The van der Waals surface area contributed by atoms with Crippen molar-refractivity contribution in [2.75, 3.05) is 13.2 Å². The molecule has 7 nitrogen and oxygen atoms in total. The monoisotopic (exact) mass is 488 g/mol. The molecule has 3 aromatic rings. The number of carboxylic acid groups (broad SMARTS) is 1. The van der Waals surface area contributed by atoms with Gasteiger partial charge in [-0.05, 0) is 52.5 Å². The van der Waals surface area contributed by atoms with E-state index in [1.807, 2.05) is 41.8 Å². The number of aliphatic carboxylic acids is 1. The summed E-state index contributed by atoms with van der Waals surface area (Å²) in [6.07, 6.45) is 0.237. The minimum absolute atomic E-state index is 0.0925. The molecule has 4 aliphatic rings. The predicted octanol–water partition coefficient (Wildman–Crippen LogP) is 4.40. The molecule has 1 atom stereocenters. The zero-order valence-electron chi connectivity index (χ0n) is 18.8. The van der Waals surface area contributed by atoms with Gasteiger partial charge in [0.1, 0.15) is 18.2 Å². The summed E-state index contributed by atoms with van der Waals surface area (Å²) >= 11 is 1.34. The van der Waals surface area contributed by atoms with E-state index >= 15 is 0 Å². The van der Waals surface area contributed by atoms with Crippen LogP contribution in [0.15, 0.2) is 66.0 Å². The highest BCUT2D eigenvalue weighted by Gasteiger charge is 2.63. The highest BCUT2D eigenvalue weighted by atomic mass is 32.1. The van der Waals surface area contributed by atoms with Crippen LogP contribution in [0, 0.1) is 5.92 Å². The smallest absolute Gasteiger partial charge is 0.408 e. The lowest BCUT2D eigenvalue weighted by Crippen LogP contribution is -2.56. The third-order valence-electron chi connectivity index (χ3n) is 7.55. The van der Waals surface area contributed by atoms with E-state index in [-0.39, 0.29) is 18.4 Å². The van der Waals surface area contributed by atoms with E-state index in [4.69, 9.17) is 4.74 Å². The number of carboxylic acids is 1. The van der Waals surface area contributed by atoms with Gasteiger partial charge in [-0.15, -0.1) is 11.3 Å². The molecule has 1 aromatic heterocycles. The molecule has 178 valence electrons. The Balaban J connectivity index is 1.20. The van der Waals surface area contributed by atoms with Crippen molar-refractivity contribution >= 4 is 29.3 Å². The molecule has 3 fully saturated rings. The van der Waals surface area contributed by atoms with E-state index in [0.717, 1.165) is 22.3 Å². The van der Waals surface area contributed by atoms with Crippen LogP contribution in [0.2, 0.25) is 0 Å². The van der Waals surface area contributed by atoms with Crippen LogP contribution < -0.4 is 5.32 Å². The zero-order valence-corrected chi connectivity index (χ0v) is 19.7. The highest BCUT2D eigenvalue weighted by molar-refractivity contribution is 7.10. The number of fused-ring (bicyclic) bond motifs is 4. The molecule has 2 amide bonds. The lowest BCUT2D eigenvalue weighted by molar-refractivity contribution is -0.159. The number of hydrogen-bond donors (Lipinski definition) is 2. The quantitative estimate of drug-likeness (QED) is 0.536. The van der Waals surface area contributed by atoms with Crippen LogP contribution in [0.1, 0.15) is 40.8 Å². The first kappa shape index (κ1) is 21.9. The summed E-state index contributed by atoms with van der Waals surface area (Å²) in [5, 5.41) is 14.3. The van der Waals surface area contributed by atoms with Gasteiger partial charge in [-0.1, -0.05) is 54.6 Å². The van der Waals surface area contributed by atoms with E-state index in [9.17, 15) is 19.5 Å². The Kier molecular flexibility index (Phi) is 5.14. The molecule has 2 aromatic carbocycles. The molecular weight excluding hydrogens is 464 g/mol. The fourth-order valence-corrected chi connectivity index (χ4v) is 6.66. The number of nitrogens with one attached hydrogen (secondary N) is 1. The first-order valence-electron chi connectivity index (χ1n) is 11.7. The van der Waals surface area contributed by atoms with Gasteiger partial charge in [0.25, 0.3) is 5.91 Å². The lowest BCUT2D eigenvalue weighted by atomic mass is 9.73. The van der Waals surface area contributed by atoms with Crippen LogP contribution in [0.3, 0.4) is 0 Å². The van der Waals surface area contributed by atoms with Crippen molar-refractivity contribution < 1.29 is 24.2 Å². The molecule has 2 saturated heterocycles. The Morgan fingerprint density at radius 1 is 1.03 bits per heavy atom. The van der Waals surface area contributed by atoms with Gasteiger partial charge in [0.15, 0.2) is 0 Å². The van der Waals surface area contributed by atoms with Gasteiger partial charge in [0, 0.05) is 17.3 Å².